The van der Waals surface area contributed by atoms with E-state index < -0.39 is 0 Å². The van der Waals surface area contributed by atoms with Crippen molar-refractivity contribution in [3.8, 4) is 0 Å². The van der Waals surface area contributed by atoms with Crippen molar-refractivity contribution >= 4 is 22.9 Å². The molecule has 0 saturated carbocycles. The number of benzene rings is 1. The summed E-state index contributed by atoms with van der Waals surface area (Å²) in [5.41, 5.74) is 2.89. The Kier molecular flexibility index (Phi) is 7.58. The van der Waals surface area contributed by atoms with Gasteiger partial charge in [-0.05, 0) is 50.0 Å². The number of rotatable bonds is 7. The van der Waals surface area contributed by atoms with E-state index in [1.165, 1.54) is 11.6 Å². The number of fused-ring (bicyclic) bond motifs is 1. The number of hydrogen-bond donors (Lipinski definition) is 1. The smallest absolute Gasteiger partial charge is 0.252 e. The van der Waals surface area contributed by atoms with Crippen LogP contribution in [-0.2, 0) is 21.6 Å². The minimum Gasteiger partial charge on any atom is -0.381 e. The Hall–Kier alpha value is -3.56. The molecule has 0 atom stereocenters. The monoisotopic (exact) mass is 516 g/mol. The molecule has 3 aromatic rings. The summed E-state index contributed by atoms with van der Waals surface area (Å²) in [7, 11) is 0. The number of nitrogens with zero attached hydrogens (tertiary/aromatic N) is 5. The van der Waals surface area contributed by atoms with Gasteiger partial charge in [-0.2, -0.15) is 4.98 Å². The molecule has 2 saturated heterocycles. The lowest BCUT2D eigenvalue weighted by Crippen LogP contribution is -2.58. The zero-order valence-electron chi connectivity index (χ0n) is 22.2. The van der Waals surface area contributed by atoms with Crippen LogP contribution in [0.2, 0.25) is 0 Å². The van der Waals surface area contributed by atoms with Crippen LogP contribution in [0.3, 0.4) is 0 Å². The van der Waals surface area contributed by atoms with E-state index in [1.807, 2.05) is 18.7 Å². The molecule has 2 aliphatic heterocycles. The minimum atomic E-state index is -0.0878. The first kappa shape index (κ1) is 26.1. The van der Waals surface area contributed by atoms with E-state index in [4.69, 9.17) is 4.74 Å². The molecule has 0 spiro atoms. The molecule has 1 N–H and O–H groups in total. The van der Waals surface area contributed by atoms with E-state index in [0.717, 1.165) is 50.1 Å². The van der Waals surface area contributed by atoms with Crippen LogP contribution in [0.4, 0.5) is 5.95 Å². The zero-order valence-corrected chi connectivity index (χ0v) is 22.2. The molecule has 200 valence electrons. The molecule has 0 radical (unpaired) electrons. The SMILES string of the molecule is C=CC(=O)N1CCN(C2(c3ccc(CNc4ncc5ccc(=O)n(C(C)C)c5n4)cc3)CCOCC2)CC1. The summed E-state index contributed by atoms with van der Waals surface area (Å²) in [5.74, 6) is 0.500. The predicted molar refractivity (Wildman–Crippen MR) is 148 cm³/mol. The molecule has 9 heteroatoms. The van der Waals surface area contributed by atoms with Gasteiger partial charge in [-0.25, -0.2) is 4.98 Å². The third-order valence-corrected chi connectivity index (χ3v) is 7.82. The van der Waals surface area contributed by atoms with Gasteiger partial charge >= 0.3 is 0 Å². The van der Waals surface area contributed by atoms with Gasteiger partial charge in [0.25, 0.3) is 5.56 Å². The van der Waals surface area contributed by atoms with Gasteiger partial charge in [0.15, 0.2) is 0 Å². The number of piperazine rings is 1. The summed E-state index contributed by atoms with van der Waals surface area (Å²) in [4.78, 5) is 37.9. The Bertz CT molecular complexity index is 1350. The molecule has 2 fully saturated rings. The zero-order chi connectivity index (χ0) is 26.7. The number of anilines is 1. The van der Waals surface area contributed by atoms with Crippen LogP contribution < -0.4 is 10.9 Å². The second-order valence-electron chi connectivity index (χ2n) is 10.3. The summed E-state index contributed by atoms with van der Waals surface area (Å²) in [5, 5.41) is 4.16. The van der Waals surface area contributed by atoms with Crippen molar-refractivity contribution in [2.75, 3.05) is 44.7 Å². The van der Waals surface area contributed by atoms with Gasteiger partial charge < -0.3 is 15.0 Å². The summed E-state index contributed by atoms with van der Waals surface area (Å²) in [6.45, 7) is 12.7. The van der Waals surface area contributed by atoms with E-state index in [9.17, 15) is 9.59 Å². The van der Waals surface area contributed by atoms with E-state index in [-0.39, 0.29) is 23.0 Å². The van der Waals surface area contributed by atoms with Gasteiger partial charge in [0, 0.05) is 69.6 Å². The number of hydrogen-bond acceptors (Lipinski definition) is 7. The van der Waals surface area contributed by atoms with E-state index in [0.29, 0.717) is 31.2 Å². The Morgan fingerprint density at radius 3 is 2.47 bits per heavy atom. The van der Waals surface area contributed by atoms with Crippen LogP contribution in [0.5, 0.6) is 0 Å². The average Bonchev–Trinajstić information content (AvgIpc) is 2.96. The normalized spacial score (nSPS) is 18.0. The van der Waals surface area contributed by atoms with Gasteiger partial charge in [0.1, 0.15) is 5.65 Å². The number of pyridine rings is 1. The maximum Gasteiger partial charge on any atom is 0.252 e. The fraction of sp³-hybridized carbons (Fsp3) is 0.448. The van der Waals surface area contributed by atoms with Crippen LogP contribution >= 0.6 is 0 Å². The van der Waals surface area contributed by atoms with Gasteiger partial charge in [-0.15, -0.1) is 0 Å². The van der Waals surface area contributed by atoms with Crippen LogP contribution in [0.25, 0.3) is 11.0 Å². The third kappa shape index (κ3) is 5.08. The first-order valence-electron chi connectivity index (χ1n) is 13.4. The van der Waals surface area contributed by atoms with Crippen molar-refractivity contribution in [1.29, 1.82) is 0 Å². The molecular formula is C29H36N6O3. The van der Waals surface area contributed by atoms with Crippen molar-refractivity contribution in [2.45, 2.75) is 44.8 Å². The molecule has 0 aliphatic carbocycles. The van der Waals surface area contributed by atoms with Crippen LogP contribution in [0, 0.1) is 0 Å². The van der Waals surface area contributed by atoms with E-state index >= 15 is 0 Å². The van der Waals surface area contributed by atoms with Gasteiger partial charge in [0.05, 0.1) is 5.54 Å². The lowest BCUT2D eigenvalue weighted by atomic mass is 9.80. The highest BCUT2D eigenvalue weighted by Gasteiger charge is 2.41. The first-order chi connectivity index (χ1) is 18.4. The fourth-order valence-corrected chi connectivity index (χ4v) is 5.72. The average molecular weight is 517 g/mol. The Balaban J connectivity index is 1.31. The standard InChI is InChI=1S/C29H36N6O3/c1-4-25(36)33-13-15-34(16-14-33)29(11-17-38-18-12-29)24-8-5-22(6-9-24)19-30-28-31-20-23-7-10-26(37)35(21(2)3)27(23)32-28/h4-10,20-21H,1,11-19H2,2-3H3,(H,30,31,32). The van der Waals surface area contributed by atoms with Crippen molar-refractivity contribution in [3.05, 3.63) is 76.7 Å². The molecule has 1 aromatic carbocycles. The molecule has 0 unspecified atom stereocenters. The van der Waals surface area contributed by atoms with E-state index in [1.54, 1.807) is 22.9 Å². The van der Waals surface area contributed by atoms with Crippen molar-refractivity contribution in [3.63, 3.8) is 0 Å². The predicted octanol–water partition coefficient (Wildman–Crippen LogP) is 3.32. The number of carbonyl (C=O) groups excluding carboxylic acids is 1. The maximum atomic E-state index is 12.4. The largest absolute Gasteiger partial charge is 0.381 e. The molecule has 1 amide bonds. The van der Waals surface area contributed by atoms with Crippen LogP contribution in [-0.4, -0.2) is 69.6 Å². The molecule has 2 aromatic heterocycles. The second kappa shape index (κ2) is 11.0. The lowest BCUT2D eigenvalue weighted by Gasteiger charge is -2.50. The number of ether oxygens (including phenoxy) is 1. The highest BCUT2D eigenvalue weighted by Crippen LogP contribution is 2.39. The summed E-state index contributed by atoms with van der Waals surface area (Å²) in [6, 6.07) is 12.1. The topological polar surface area (TPSA) is 92.6 Å². The molecule has 38 heavy (non-hydrogen) atoms. The number of carbonyl (C=O) groups is 1. The summed E-state index contributed by atoms with van der Waals surface area (Å²) in [6.07, 6.45) is 5.02. The Labute approximate surface area is 223 Å². The van der Waals surface area contributed by atoms with Crippen molar-refractivity contribution < 1.29 is 9.53 Å². The minimum absolute atomic E-state index is 0.00412. The Morgan fingerprint density at radius 2 is 1.82 bits per heavy atom. The molecule has 4 heterocycles. The molecule has 0 bridgehead atoms. The number of aromatic nitrogens is 3. The number of nitrogens with one attached hydrogen (secondary N) is 1. The lowest BCUT2D eigenvalue weighted by molar-refractivity contribution is -0.130. The molecule has 2 aliphatic rings. The van der Waals surface area contributed by atoms with Gasteiger partial charge in [-0.3, -0.25) is 19.1 Å². The number of amides is 1. The Morgan fingerprint density at radius 1 is 1.11 bits per heavy atom. The highest BCUT2D eigenvalue weighted by atomic mass is 16.5. The van der Waals surface area contributed by atoms with Gasteiger partial charge in [0.2, 0.25) is 11.9 Å². The van der Waals surface area contributed by atoms with Crippen LogP contribution in [0.15, 0.2) is 60.0 Å². The first-order valence-corrected chi connectivity index (χ1v) is 13.4. The van der Waals surface area contributed by atoms with Crippen molar-refractivity contribution in [1.82, 2.24) is 24.3 Å². The van der Waals surface area contributed by atoms with Crippen molar-refractivity contribution in [2.24, 2.45) is 0 Å². The maximum absolute atomic E-state index is 12.4. The molecular weight excluding hydrogens is 480 g/mol. The van der Waals surface area contributed by atoms with E-state index in [2.05, 4.69) is 51.0 Å². The van der Waals surface area contributed by atoms with Gasteiger partial charge in [-0.1, -0.05) is 30.8 Å². The third-order valence-electron chi connectivity index (χ3n) is 7.82. The molecule has 9 nitrogen and oxygen atoms in total. The summed E-state index contributed by atoms with van der Waals surface area (Å²) >= 11 is 0. The second-order valence-corrected chi connectivity index (χ2v) is 10.3. The quantitative estimate of drug-likeness (QED) is 0.482. The highest BCUT2D eigenvalue weighted by molar-refractivity contribution is 5.87. The summed E-state index contributed by atoms with van der Waals surface area (Å²) < 4.78 is 7.43. The van der Waals surface area contributed by atoms with Crippen LogP contribution in [0.1, 0.15) is 43.9 Å². The fourth-order valence-electron chi connectivity index (χ4n) is 5.72. The molecule has 5 rings (SSSR count).